The van der Waals surface area contributed by atoms with Crippen LogP contribution >= 0.6 is 0 Å². The maximum Gasteiger partial charge on any atom is 0.305 e. The number of methoxy groups -OCH3 is 1. The first-order valence-electron chi connectivity index (χ1n) is 5.99. The van der Waals surface area contributed by atoms with Gasteiger partial charge in [0.05, 0.1) is 24.4 Å². The van der Waals surface area contributed by atoms with Crippen LogP contribution in [0.4, 0.5) is 0 Å². The van der Waals surface area contributed by atoms with Crippen molar-refractivity contribution in [2.75, 3.05) is 30.9 Å². The second kappa shape index (κ2) is 6.67. The number of carbonyl (C=O) groups excluding carboxylic acids is 1. The van der Waals surface area contributed by atoms with Gasteiger partial charge in [-0.2, -0.15) is 0 Å². The van der Waals surface area contributed by atoms with Crippen molar-refractivity contribution in [2.45, 2.75) is 19.3 Å². The molecule has 0 spiro atoms. The standard InChI is InChI=1S/C10H19NO6S2/c1-17-10(12)3-2-5-19(15,16)11-7-9-4-6-18(13,14)8-9/h9,11H,2-8H2,1H3. The number of carbonyl (C=O) groups is 1. The van der Waals surface area contributed by atoms with Crippen LogP contribution in [0.2, 0.25) is 0 Å². The minimum absolute atomic E-state index is 0.0394. The van der Waals surface area contributed by atoms with Crippen LogP contribution in [0.3, 0.4) is 0 Å². The van der Waals surface area contributed by atoms with Crippen LogP contribution in [0.1, 0.15) is 19.3 Å². The third kappa shape index (κ3) is 6.35. The number of ether oxygens (including phenoxy) is 1. The highest BCUT2D eigenvalue weighted by atomic mass is 32.2. The zero-order valence-electron chi connectivity index (χ0n) is 10.8. The predicted octanol–water partition coefficient (Wildman–Crippen LogP) is -0.706. The van der Waals surface area contributed by atoms with Crippen LogP contribution in [0, 0.1) is 5.92 Å². The van der Waals surface area contributed by atoms with Crippen molar-refractivity contribution < 1.29 is 26.4 Å². The Morgan fingerprint density at radius 2 is 2.11 bits per heavy atom. The Labute approximate surface area is 113 Å². The smallest absolute Gasteiger partial charge is 0.305 e. The van der Waals surface area contributed by atoms with E-state index in [0.717, 1.165) is 0 Å². The lowest BCUT2D eigenvalue weighted by Gasteiger charge is -2.10. The molecule has 1 saturated heterocycles. The molecule has 0 aromatic heterocycles. The Morgan fingerprint density at radius 3 is 2.63 bits per heavy atom. The summed E-state index contributed by atoms with van der Waals surface area (Å²) in [5, 5.41) is 0. The lowest BCUT2D eigenvalue weighted by Crippen LogP contribution is -2.32. The first-order valence-corrected chi connectivity index (χ1v) is 9.46. The molecule has 9 heteroatoms. The lowest BCUT2D eigenvalue weighted by atomic mass is 10.1. The molecular weight excluding hydrogens is 294 g/mol. The van der Waals surface area contributed by atoms with Crippen molar-refractivity contribution in [2.24, 2.45) is 5.92 Å². The van der Waals surface area contributed by atoms with Crippen LogP contribution in [0.5, 0.6) is 0 Å². The van der Waals surface area contributed by atoms with Gasteiger partial charge in [0.2, 0.25) is 10.0 Å². The number of rotatable bonds is 7. The van der Waals surface area contributed by atoms with Gasteiger partial charge in [0, 0.05) is 13.0 Å². The first-order chi connectivity index (χ1) is 8.74. The molecule has 1 N–H and O–H groups in total. The fourth-order valence-corrected chi connectivity index (χ4v) is 4.88. The predicted molar refractivity (Wildman–Crippen MR) is 69.8 cm³/mol. The van der Waals surface area contributed by atoms with Crippen LogP contribution in [0.15, 0.2) is 0 Å². The summed E-state index contributed by atoms with van der Waals surface area (Å²) in [6.07, 6.45) is 0.729. The molecule has 0 aliphatic carbocycles. The zero-order chi connectivity index (χ0) is 14.5. The molecule has 0 aromatic rings. The summed E-state index contributed by atoms with van der Waals surface area (Å²) in [7, 11) is -5.21. The first kappa shape index (κ1) is 16.4. The molecule has 19 heavy (non-hydrogen) atoms. The van der Waals surface area contributed by atoms with Gasteiger partial charge in [0.1, 0.15) is 0 Å². The molecule has 1 aliphatic rings. The molecule has 1 rings (SSSR count). The maximum absolute atomic E-state index is 11.6. The fraction of sp³-hybridized carbons (Fsp3) is 0.900. The van der Waals surface area contributed by atoms with E-state index in [1.54, 1.807) is 0 Å². The number of hydrogen-bond donors (Lipinski definition) is 1. The third-order valence-electron chi connectivity index (χ3n) is 2.94. The monoisotopic (exact) mass is 313 g/mol. The molecular formula is C10H19NO6S2. The molecule has 1 aliphatic heterocycles. The molecule has 0 saturated carbocycles. The van der Waals surface area contributed by atoms with Crippen molar-refractivity contribution >= 4 is 25.8 Å². The molecule has 7 nitrogen and oxygen atoms in total. The van der Waals surface area contributed by atoms with E-state index >= 15 is 0 Å². The van der Waals surface area contributed by atoms with Gasteiger partial charge in [-0.25, -0.2) is 21.6 Å². The average molecular weight is 313 g/mol. The average Bonchev–Trinajstić information content (AvgIpc) is 2.66. The number of sulfonamides is 1. The number of hydrogen-bond acceptors (Lipinski definition) is 6. The highest BCUT2D eigenvalue weighted by molar-refractivity contribution is 7.91. The van der Waals surface area contributed by atoms with Crippen molar-refractivity contribution in [3.63, 3.8) is 0 Å². The van der Waals surface area contributed by atoms with Crippen molar-refractivity contribution in [3.8, 4) is 0 Å². The summed E-state index contributed by atoms with van der Waals surface area (Å²) < 4.78 is 52.4. The van der Waals surface area contributed by atoms with Gasteiger partial charge >= 0.3 is 5.97 Å². The number of sulfone groups is 1. The summed E-state index contributed by atoms with van der Waals surface area (Å²) in [6.45, 7) is 0.139. The minimum atomic E-state index is -3.46. The molecule has 112 valence electrons. The largest absolute Gasteiger partial charge is 0.469 e. The summed E-state index contributed by atoms with van der Waals surface area (Å²) in [4.78, 5) is 10.8. The van der Waals surface area contributed by atoms with E-state index in [1.165, 1.54) is 7.11 Å². The van der Waals surface area contributed by atoms with E-state index < -0.39 is 25.8 Å². The van der Waals surface area contributed by atoms with E-state index in [9.17, 15) is 21.6 Å². The van der Waals surface area contributed by atoms with Gasteiger partial charge in [0.25, 0.3) is 0 Å². The minimum Gasteiger partial charge on any atom is -0.469 e. The Morgan fingerprint density at radius 1 is 1.42 bits per heavy atom. The van der Waals surface area contributed by atoms with E-state index in [0.29, 0.717) is 6.42 Å². The Balaban J connectivity index is 2.29. The molecule has 0 amide bonds. The second-order valence-corrected chi connectivity index (χ2v) is 8.77. The molecule has 1 fully saturated rings. The van der Waals surface area contributed by atoms with Crippen LogP contribution in [-0.2, 0) is 29.4 Å². The lowest BCUT2D eigenvalue weighted by molar-refractivity contribution is -0.140. The Bertz CT molecular complexity index is 510. The van der Waals surface area contributed by atoms with Gasteiger partial charge in [-0.1, -0.05) is 0 Å². The summed E-state index contributed by atoms with van der Waals surface area (Å²) in [5.74, 6) is -0.599. The van der Waals surface area contributed by atoms with E-state index in [4.69, 9.17) is 0 Å². The van der Waals surface area contributed by atoms with Gasteiger partial charge in [-0.3, -0.25) is 4.79 Å². The van der Waals surface area contributed by atoms with Crippen molar-refractivity contribution in [1.29, 1.82) is 0 Å². The quantitative estimate of drug-likeness (QED) is 0.623. The van der Waals surface area contributed by atoms with Gasteiger partial charge in [0.15, 0.2) is 9.84 Å². The highest BCUT2D eigenvalue weighted by Crippen LogP contribution is 2.17. The molecule has 1 heterocycles. The van der Waals surface area contributed by atoms with Gasteiger partial charge in [-0.15, -0.1) is 0 Å². The summed E-state index contributed by atoms with van der Waals surface area (Å²) in [6, 6.07) is 0. The second-order valence-electron chi connectivity index (χ2n) is 4.62. The van der Waals surface area contributed by atoms with Crippen LogP contribution in [0.25, 0.3) is 0 Å². The maximum atomic E-state index is 11.6. The fourth-order valence-electron chi connectivity index (χ4n) is 1.86. The van der Waals surface area contributed by atoms with Crippen molar-refractivity contribution in [1.82, 2.24) is 4.72 Å². The summed E-state index contributed by atoms with van der Waals surface area (Å²) in [5.41, 5.74) is 0. The van der Waals surface area contributed by atoms with E-state index in [1.807, 2.05) is 0 Å². The SMILES string of the molecule is COC(=O)CCCS(=O)(=O)NCC1CCS(=O)(=O)C1. The van der Waals surface area contributed by atoms with Crippen LogP contribution in [-0.4, -0.2) is 53.7 Å². The normalized spacial score (nSPS) is 22.3. The van der Waals surface area contributed by atoms with E-state index in [-0.39, 0.29) is 42.6 Å². The highest BCUT2D eigenvalue weighted by Gasteiger charge is 2.28. The van der Waals surface area contributed by atoms with Crippen molar-refractivity contribution in [3.05, 3.63) is 0 Å². The van der Waals surface area contributed by atoms with Gasteiger partial charge in [-0.05, 0) is 18.8 Å². The van der Waals surface area contributed by atoms with Gasteiger partial charge < -0.3 is 4.74 Å². The molecule has 0 radical (unpaired) electrons. The topological polar surface area (TPSA) is 107 Å². The third-order valence-corrected chi connectivity index (χ3v) is 6.21. The van der Waals surface area contributed by atoms with Crippen LogP contribution < -0.4 is 4.72 Å². The molecule has 0 bridgehead atoms. The molecule has 1 atom stereocenters. The molecule has 1 unspecified atom stereocenters. The Hall–Kier alpha value is -0.670. The zero-order valence-corrected chi connectivity index (χ0v) is 12.4. The Kier molecular flexibility index (Phi) is 5.75. The number of esters is 1. The number of nitrogens with one attached hydrogen (secondary N) is 1. The summed E-state index contributed by atoms with van der Waals surface area (Å²) >= 11 is 0. The van der Waals surface area contributed by atoms with E-state index in [2.05, 4.69) is 9.46 Å². The molecule has 0 aromatic carbocycles.